The zero-order valence-electron chi connectivity index (χ0n) is 12.4. The molecule has 1 heterocycles. The average molecular weight is 263 g/mol. The van der Waals surface area contributed by atoms with Crippen LogP contribution in [0.4, 0.5) is 0 Å². The Morgan fingerprint density at radius 1 is 1.16 bits per heavy atom. The van der Waals surface area contributed by atoms with E-state index in [0.29, 0.717) is 19.6 Å². The third-order valence-corrected chi connectivity index (χ3v) is 3.38. The number of hydrogen-bond donors (Lipinski definition) is 0. The van der Waals surface area contributed by atoms with E-state index in [2.05, 4.69) is 25.1 Å². The molecule has 3 heteroatoms. The number of hydrogen-bond acceptors (Lipinski definition) is 3. The van der Waals surface area contributed by atoms with Gasteiger partial charge in [-0.05, 0) is 40.0 Å². The van der Waals surface area contributed by atoms with E-state index in [-0.39, 0.29) is 5.79 Å². The van der Waals surface area contributed by atoms with Crippen molar-refractivity contribution < 1.29 is 9.47 Å². The molecule has 1 fully saturated rings. The Labute approximate surface area is 116 Å². The molecule has 1 aliphatic heterocycles. The fourth-order valence-electron chi connectivity index (χ4n) is 2.13. The Kier molecular flexibility index (Phi) is 6.83. The van der Waals surface area contributed by atoms with Gasteiger partial charge in [-0.1, -0.05) is 23.3 Å². The predicted octanol–water partition coefficient (Wildman–Crippen LogP) is 4.12. The summed E-state index contributed by atoms with van der Waals surface area (Å²) in [4.78, 5) is 0. The summed E-state index contributed by atoms with van der Waals surface area (Å²) in [5.74, 6) is -0.375. The van der Waals surface area contributed by atoms with Crippen molar-refractivity contribution in [3.63, 3.8) is 0 Å². The highest BCUT2D eigenvalue weighted by atomic mass is 16.7. The minimum atomic E-state index is -0.375. The van der Waals surface area contributed by atoms with Crippen molar-refractivity contribution >= 4 is 0 Å². The van der Waals surface area contributed by atoms with E-state index in [0.717, 1.165) is 31.3 Å². The van der Waals surface area contributed by atoms with E-state index < -0.39 is 0 Å². The molecule has 0 amide bonds. The highest BCUT2D eigenvalue weighted by Gasteiger charge is 2.29. The molecule has 0 spiro atoms. The molecule has 0 aromatic carbocycles. The van der Waals surface area contributed by atoms with Crippen LogP contribution in [0, 0.1) is 11.3 Å². The van der Waals surface area contributed by atoms with Crippen LogP contribution in [-0.2, 0) is 9.47 Å². The molecule has 1 rings (SSSR count). The van der Waals surface area contributed by atoms with Gasteiger partial charge >= 0.3 is 0 Å². The van der Waals surface area contributed by atoms with Crippen molar-refractivity contribution in [2.45, 2.75) is 58.7 Å². The van der Waals surface area contributed by atoms with Gasteiger partial charge in [-0.15, -0.1) is 0 Å². The predicted molar refractivity (Wildman–Crippen MR) is 76.5 cm³/mol. The lowest BCUT2D eigenvalue weighted by Crippen LogP contribution is -2.24. The average Bonchev–Trinajstić information content (AvgIpc) is 2.76. The van der Waals surface area contributed by atoms with Crippen LogP contribution in [0.3, 0.4) is 0 Å². The summed E-state index contributed by atoms with van der Waals surface area (Å²) >= 11 is 0. The molecule has 0 saturated carbocycles. The van der Waals surface area contributed by atoms with Crippen molar-refractivity contribution in [1.82, 2.24) is 0 Å². The maximum absolute atomic E-state index is 8.56. The highest BCUT2D eigenvalue weighted by Crippen LogP contribution is 2.24. The van der Waals surface area contributed by atoms with Gasteiger partial charge in [0.1, 0.15) is 0 Å². The Hall–Kier alpha value is -1.11. The van der Waals surface area contributed by atoms with E-state index in [1.54, 1.807) is 0 Å². The van der Waals surface area contributed by atoms with Crippen molar-refractivity contribution in [3.8, 4) is 6.07 Å². The van der Waals surface area contributed by atoms with Crippen LogP contribution in [0.15, 0.2) is 23.3 Å². The topological polar surface area (TPSA) is 42.2 Å². The van der Waals surface area contributed by atoms with Gasteiger partial charge in [0.2, 0.25) is 0 Å². The molecule has 0 aromatic rings. The van der Waals surface area contributed by atoms with E-state index in [1.807, 2.05) is 13.8 Å². The lowest BCUT2D eigenvalue weighted by molar-refractivity contribution is -0.145. The summed E-state index contributed by atoms with van der Waals surface area (Å²) in [6.07, 6.45) is 8.93. The van der Waals surface area contributed by atoms with Crippen molar-refractivity contribution in [2.24, 2.45) is 0 Å². The largest absolute Gasteiger partial charge is 0.348 e. The minimum absolute atomic E-state index is 0.375. The van der Waals surface area contributed by atoms with Crippen LogP contribution in [0.5, 0.6) is 0 Å². The molecule has 19 heavy (non-hydrogen) atoms. The second-order valence-corrected chi connectivity index (χ2v) is 5.34. The fraction of sp³-hybridized carbons (Fsp3) is 0.688. The van der Waals surface area contributed by atoms with Gasteiger partial charge in [-0.3, -0.25) is 0 Å². The van der Waals surface area contributed by atoms with Crippen molar-refractivity contribution in [2.75, 3.05) is 13.2 Å². The van der Waals surface area contributed by atoms with Gasteiger partial charge < -0.3 is 9.47 Å². The summed E-state index contributed by atoms with van der Waals surface area (Å²) in [6.45, 7) is 7.60. The molecule has 0 bridgehead atoms. The van der Waals surface area contributed by atoms with Crippen LogP contribution in [-0.4, -0.2) is 19.0 Å². The summed E-state index contributed by atoms with van der Waals surface area (Å²) in [6, 6.07) is 2.16. The molecular formula is C16H25NO2. The highest BCUT2D eigenvalue weighted by molar-refractivity contribution is 5.07. The third kappa shape index (κ3) is 6.56. The smallest absolute Gasteiger partial charge is 0.166 e. The Morgan fingerprint density at radius 3 is 2.42 bits per heavy atom. The van der Waals surface area contributed by atoms with Crippen LogP contribution in [0.1, 0.15) is 52.9 Å². The van der Waals surface area contributed by atoms with E-state index in [9.17, 15) is 0 Å². The minimum Gasteiger partial charge on any atom is -0.348 e. The monoisotopic (exact) mass is 263 g/mol. The molecule has 0 unspecified atom stereocenters. The molecule has 0 atom stereocenters. The first kappa shape index (κ1) is 15.9. The Morgan fingerprint density at radius 2 is 1.79 bits per heavy atom. The van der Waals surface area contributed by atoms with Crippen LogP contribution in [0.2, 0.25) is 0 Å². The standard InChI is InChI=1S/C16H25NO2/c1-14(6-4-7-15(2)9-11-17)8-5-10-16(3)18-12-13-19-16/h7-8H,4-6,9-10,12-13H2,1-3H3. The summed E-state index contributed by atoms with van der Waals surface area (Å²) in [5.41, 5.74) is 2.55. The zero-order valence-corrected chi connectivity index (χ0v) is 12.4. The summed E-state index contributed by atoms with van der Waals surface area (Å²) in [5, 5.41) is 8.56. The number of rotatable bonds is 7. The van der Waals surface area contributed by atoms with Crippen LogP contribution < -0.4 is 0 Å². The molecule has 0 radical (unpaired) electrons. The SMILES string of the molecule is CC(=CCCC(C)=CCCC1(C)OCCO1)CC#N. The van der Waals surface area contributed by atoms with Gasteiger partial charge in [-0.2, -0.15) is 5.26 Å². The lowest BCUT2D eigenvalue weighted by atomic mass is 10.1. The van der Waals surface area contributed by atoms with Gasteiger partial charge in [-0.25, -0.2) is 0 Å². The van der Waals surface area contributed by atoms with Crippen LogP contribution >= 0.6 is 0 Å². The van der Waals surface area contributed by atoms with E-state index in [1.165, 1.54) is 5.57 Å². The zero-order chi connectivity index (χ0) is 14.1. The number of nitriles is 1. The lowest BCUT2D eigenvalue weighted by Gasteiger charge is -2.21. The molecular weight excluding hydrogens is 238 g/mol. The molecule has 106 valence electrons. The number of nitrogens with zero attached hydrogens (tertiary/aromatic N) is 1. The second kappa shape index (κ2) is 8.14. The van der Waals surface area contributed by atoms with E-state index in [4.69, 9.17) is 14.7 Å². The number of ether oxygens (including phenoxy) is 2. The van der Waals surface area contributed by atoms with Crippen molar-refractivity contribution in [1.29, 1.82) is 5.26 Å². The second-order valence-electron chi connectivity index (χ2n) is 5.34. The normalized spacial score (nSPS) is 19.5. The van der Waals surface area contributed by atoms with Gasteiger partial charge in [0.15, 0.2) is 5.79 Å². The molecule has 0 aromatic heterocycles. The summed E-state index contributed by atoms with van der Waals surface area (Å²) < 4.78 is 11.1. The Balaban J connectivity index is 2.22. The van der Waals surface area contributed by atoms with E-state index >= 15 is 0 Å². The van der Waals surface area contributed by atoms with Gasteiger partial charge in [0.25, 0.3) is 0 Å². The molecule has 1 aliphatic rings. The quantitative estimate of drug-likeness (QED) is 0.649. The van der Waals surface area contributed by atoms with Crippen molar-refractivity contribution in [3.05, 3.63) is 23.3 Å². The Bertz CT molecular complexity index is 371. The first-order valence-corrected chi connectivity index (χ1v) is 7.02. The first-order chi connectivity index (χ1) is 9.06. The van der Waals surface area contributed by atoms with Crippen LogP contribution in [0.25, 0.3) is 0 Å². The third-order valence-electron chi connectivity index (χ3n) is 3.38. The van der Waals surface area contributed by atoms with Gasteiger partial charge in [0.05, 0.1) is 25.7 Å². The number of allylic oxidation sites excluding steroid dienone is 4. The molecule has 0 aliphatic carbocycles. The molecule has 3 nitrogen and oxygen atoms in total. The fourth-order valence-corrected chi connectivity index (χ4v) is 2.13. The molecule has 1 saturated heterocycles. The maximum Gasteiger partial charge on any atom is 0.166 e. The maximum atomic E-state index is 8.56. The van der Waals surface area contributed by atoms with Gasteiger partial charge in [0, 0.05) is 6.42 Å². The molecule has 0 N–H and O–H groups in total. The first-order valence-electron chi connectivity index (χ1n) is 7.02. The summed E-state index contributed by atoms with van der Waals surface area (Å²) in [7, 11) is 0.